The quantitative estimate of drug-likeness (QED) is 0.913. The van der Waals surface area contributed by atoms with E-state index >= 15 is 0 Å². The molecule has 0 saturated heterocycles. The van der Waals surface area contributed by atoms with Crippen LogP contribution < -0.4 is 5.32 Å². The second-order valence-electron chi connectivity index (χ2n) is 4.12. The van der Waals surface area contributed by atoms with Crippen molar-refractivity contribution in [3.63, 3.8) is 0 Å². The number of ether oxygens (including phenoxy) is 1. The third-order valence-electron chi connectivity index (χ3n) is 2.75. The van der Waals surface area contributed by atoms with E-state index in [1.165, 1.54) is 4.88 Å². The third-order valence-corrected chi connectivity index (χ3v) is 3.85. The van der Waals surface area contributed by atoms with Crippen molar-refractivity contribution in [3.8, 4) is 0 Å². The van der Waals surface area contributed by atoms with E-state index in [2.05, 4.69) is 23.3 Å². The lowest BCUT2D eigenvalue weighted by molar-refractivity contribution is 0.0837. The highest BCUT2D eigenvalue weighted by atomic mass is 32.1. The van der Waals surface area contributed by atoms with Crippen LogP contribution in [0.4, 0.5) is 0 Å². The molecule has 2 heterocycles. The summed E-state index contributed by atoms with van der Waals surface area (Å²) in [7, 11) is 1.65. The normalized spacial score (nSPS) is 12.1. The highest BCUT2D eigenvalue weighted by Gasteiger charge is 2.14. The summed E-state index contributed by atoms with van der Waals surface area (Å²) < 4.78 is 5.42. The molecule has 19 heavy (non-hydrogen) atoms. The fraction of sp³-hybridized carbons (Fsp3) is 0.286. The molecule has 2 aromatic rings. The van der Waals surface area contributed by atoms with Crippen LogP contribution in [-0.4, -0.2) is 24.5 Å². The summed E-state index contributed by atoms with van der Waals surface area (Å²) in [6.45, 7) is 2.51. The Labute approximate surface area is 116 Å². The van der Waals surface area contributed by atoms with E-state index < -0.39 is 0 Å². The third kappa shape index (κ3) is 3.62. The maximum Gasteiger partial charge on any atom is 0.251 e. The second-order valence-corrected chi connectivity index (χ2v) is 5.44. The number of pyridine rings is 1. The molecule has 2 rings (SSSR count). The Morgan fingerprint density at radius 2 is 2.11 bits per heavy atom. The molecule has 0 radical (unpaired) electrons. The molecular weight excluding hydrogens is 260 g/mol. The SMILES string of the molecule is COC(CNC(=O)c1ccncc1)c1ccc(C)s1. The van der Waals surface area contributed by atoms with Crippen LogP contribution in [0.5, 0.6) is 0 Å². The molecule has 1 unspecified atom stereocenters. The van der Waals surface area contributed by atoms with Crippen LogP contribution >= 0.6 is 11.3 Å². The lowest BCUT2D eigenvalue weighted by Gasteiger charge is -2.14. The molecule has 4 nitrogen and oxygen atoms in total. The van der Waals surface area contributed by atoms with Crippen LogP contribution in [-0.2, 0) is 4.74 Å². The Kier molecular flexibility index (Phi) is 4.65. The maximum atomic E-state index is 11.9. The monoisotopic (exact) mass is 276 g/mol. The molecule has 0 fully saturated rings. The van der Waals surface area contributed by atoms with E-state index in [9.17, 15) is 4.79 Å². The van der Waals surface area contributed by atoms with Crippen LogP contribution in [0.25, 0.3) is 0 Å². The predicted molar refractivity (Wildman–Crippen MR) is 75.4 cm³/mol. The average Bonchev–Trinajstić information content (AvgIpc) is 2.87. The summed E-state index contributed by atoms with van der Waals surface area (Å²) >= 11 is 1.68. The van der Waals surface area contributed by atoms with Crippen molar-refractivity contribution in [2.75, 3.05) is 13.7 Å². The molecule has 0 bridgehead atoms. The van der Waals surface area contributed by atoms with Gasteiger partial charge in [-0.25, -0.2) is 0 Å². The van der Waals surface area contributed by atoms with Crippen molar-refractivity contribution in [2.24, 2.45) is 0 Å². The average molecular weight is 276 g/mol. The lowest BCUT2D eigenvalue weighted by atomic mass is 10.2. The van der Waals surface area contributed by atoms with Gasteiger partial charge in [0.05, 0.1) is 0 Å². The minimum atomic E-state index is -0.113. The second kappa shape index (κ2) is 6.45. The van der Waals surface area contributed by atoms with Gasteiger partial charge in [-0.3, -0.25) is 9.78 Å². The number of hydrogen-bond acceptors (Lipinski definition) is 4. The van der Waals surface area contributed by atoms with E-state index in [1.54, 1.807) is 43.0 Å². The summed E-state index contributed by atoms with van der Waals surface area (Å²) in [5.74, 6) is -0.113. The number of aromatic nitrogens is 1. The fourth-order valence-electron chi connectivity index (χ4n) is 1.72. The largest absolute Gasteiger partial charge is 0.374 e. The first-order valence-corrected chi connectivity index (χ1v) is 6.79. The zero-order valence-corrected chi connectivity index (χ0v) is 11.7. The van der Waals surface area contributed by atoms with E-state index in [-0.39, 0.29) is 12.0 Å². The van der Waals surface area contributed by atoms with Gasteiger partial charge in [-0.05, 0) is 31.2 Å². The number of carbonyl (C=O) groups is 1. The van der Waals surface area contributed by atoms with Crippen LogP contribution in [0.2, 0.25) is 0 Å². The van der Waals surface area contributed by atoms with E-state index in [4.69, 9.17) is 4.74 Å². The zero-order valence-electron chi connectivity index (χ0n) is 10.9. The number of amides is 1. The molecule has 0 saturated carbocycles. The molecule has 2 aromatic heterocycles. The molecule has 1 amide bonds. The summed E-state index contributed by atoms with van der Waals surface area (Å²) in [6.07, 6.45) is 3.10. The first-order chi connectivity index (χ1) is 9.20. The van der Waals surface area contributed by atoms with Gasteiger partial charge >= 0.3 is 0 Å². The Morgan fingerprint density at radius 1 is 1.37 bits per heavy atom. The van der Waals surface area contributed by atoms with Gasteiger partial charge in [0, 0.05) is 41.4 Å². The lowest BCUT2D eigenvalue weighted by Crippen LogP contribution is -2.28. The molecule has 0 spiro atoms. The smallest absolute Gasteiger partial charge is 0.251 e. The summed E-state index contributed by atoms with van der Waals surface area (Å²) in [6, 6.07) is 7.46. The molecule has 1 atom stereocenters. The number of rotatable bonds is 5. The highest BCUT2D eigenvalue weighted by Crippen LogP contribution is 2.24. The summed E-state index contributed by atoms with van der Waals surface area (Å²) in [4.78, 5) is 18.2. The van der Waals surface area contributed by atoms with Crippen molar-refractivity contribution in [1.82, 2.24) is 10.3 Å². The summed E-state index contributed by atoms with van der Waals surface area (Å²) in [5.41, 5.74) is 0.604. The zero-order chi connectivity index (χ0) is 13.7. The van der Waals surface area contributed by atoms with Gasteiger partial charge in [0.15, 0.2) is 0 Å². The molecule has 0 aliphatic carbocycles. The highest BCUT2D eigenvalue weighted by molar-refractivity contribution is 7.12. The van der Waals surface area contributed by atoms with Crippen LogP contribution in [0, 0.1) is 6.92 Å². The van der Waals surface area contributed by atoms with Gasteiger partial charge in [-0.15, -0.1) is 11.3 Å². The number of methoxy groups -OCH3 is 1. The molecular formula is C14H16N2O2S. The minimum absolute atomic E-state index is 0.107. The number of aryl methyl sites for hydroxylation is 1. The molecule has 1 N–H and O–H groups in total. The van der Waals surface area contributed by atoms with Crippen molar-refractivity contribution < 1.29 is 9.53 Å². The van der Waals surface area contributed by atoms with E-state index in [0.717, 1.165) is 4.88 Å². The Hall–Kier alpha value is -1.72. The maximum absolute atomic E-state index is 11.9. The van der Waals surface area contributed by atoms with Crippen molar-refractivity contribution in [1.29, 1.82) is 0 Å². The molecule has 0 aliphatic rings. The Bertz CT molecular complexity index is 539. The first-order valence-electron chi connectivity index (χ1n) is 5.98. The summed E-state index contributed by atoms with van der Waals surface area (Å²) in [5, 5.41) is 2.87. The van der Waals surface area contributed by atoms with Gasteiger partial charge < -0.3 is 10.1 Å². The predicted octanol–water partition coefficient (Wildman–Crippen LogP) is 2.57. The van der Waals surface area contributed by atoms with Gasteiger partial charge in [0.25, 0.3) is 5.91 Å². The minimum Gasteiger partial charge on any atom is -0.374 e. The number of hydrogen-bond donors (Lipinski definition) is 1. The van der Waals surface area contributed by atoms with Crippen LogP contribution in [0.3, 0.4) is 0 Å². The van der Waals surface area contributed by atoms with Crippen molar-refractivity contribution in [3.05, 3.63) is 52.0 Å². The standard InChI is InChI=1S/C14H16N2O2S/c1-10-3-4-13(19-10)12(18-2)9-16-14(17)11-5-7-15-8-6-11/h3-8,12H,9H2,1-2H3,(H,16,17). The molecule has 100 valence electrons. The van der Waals surface area contributed by atoms with Gasteiger partial charge in [-0.2, -0.15) is 0 Å². The number of nitrogens with one attached hydrogen (secondary N) is 1. The van der Waals surface area contributed by atoms with Crippen LogP contribution in [0.1, 0.15) is 26.2 Å². The molecule has 0 aliphatic heterocycles. The first kappa shape index (κ1) is 13.7. The van der Waals surface area contributed by atoms with Crippen LogP contribution in [0.15, 0.2) is 36.7 Å². The number of thiophene rings is 1. The number of nitrogens with zero attached hydrogens (tertiary/aromatic N) is 1. The Balaban J connectivity index is 1.95. The topological polar surface area (TPSA) is 51.2 Å². The van der Waals surface area contributed by atoms with Crippen molar-refractivity contribution in [2.45, 2.75) is 13.0 Å². The van der Waals surface area contributed by atoms with E-state index in [0.29, 0.717) is 12.1 Å². The van der Waals surface area contributed by atoms with Crippen molar-refractivity contribution >= 4 is 17.2 Å². The van der Waals surface area contributed by atoms with E-state index in [1.807, 2.05) is 6.07 Å². The van der Waals surface area contributed by atoms with Gasteiger partial charge in [0.1, 0.15) is 6.10 Å². The molecule has 0 aromatic carbocycles. The van der Waals surface area contributed by atoms with Gasteiger partial charge in [-0.1, -0.05) is 0 Å². The van der Waals surface area contributed by atoms with Gasteiger partial charge in [0.2, 0.25) is 0 Å². The Morgan fingerprint density at radius 3 is 2.68 bits per heavy atom. The fourth-order valence-corrected chi connectivity index (χ4v) is 2.67. The molecule has 5 heteroatoms. The number of carbonyl (C=O) groups excluding carboxylic acids is 1.